The second-order valence-corrected chi connectivity index (χ2v) is 6.25. The van der Waals surface area contributed by atoms with Gasteiger partial charge in [-0.25, -0.2) is 9.78 Å². The molecular formula is C16H14N6O7. The van der Waals surface area contributed by atoms with E-state index >= 15 is 0 Å². The second kappa shape index (κ2) is 7.46. The van der Waals surface area contributed by atoms with Crippen molar-refractivity contribution in [2.45, 2.75) is 25.8 Å². The van der Waals surface area contributed by atoms with Crippen LogP contribution in [0.4, 0.5) is 17.1 Å². The van der Waals surface area contributed by atoms with E-state index in [4.69, 9.17) is 5.11 Å². The predicted octanol–water partition coefficient (Wildman–Crippen LogP) is 1.93. The van der Waals surface area contributed by atoms with Gasteiger partial charge in [0.25, 0.3) is 11.2 Å². The highest BCUT2D eigenvalue weighted by molar-refractivity contribution is 5.99. The normalized spacial score (nSPS) is 16.9. The fourth-order valence-electron chi connectivity index (χ4n) is 2.94. The van der Waals surface area contributed by atoms with E-state index in [0.717, 1.165) is 24.4 Å². The first-order valence-electron chi connectivity index (χ1n) is 8.31. The summed E-state index contributed by atoms with van der Waals surface area (Å²) in [5.41, 5.74) is 0.534. The van der Waals surface area contributed by atoms with Crippen LogP contribution in [0.2, 0.25) is 0 Å². The maximum absolute atomic E-state index is 12.4. The molecule has 29 heavy (non-hydrogen) atoms. The third-order valence-electron chi connectivity index (χ3n) is 4.42. The molecule has 2 heterocycles. The highest BCUT2D eigenvalue weighted by atomic mass is 16.6. The molecule has 0 amide bonds. The molecule has 1 aromatic carbocycles. The van der Waals surface area contributed by atoms with Crippen molar-refractivity contribution in [1.82, 2.24) is 9.55 Å². The first kappa shape index (κ1) is 19.6. The zero-order chi connectivity index (χ0) is 21.3. The van der Waals surface area contributed by atoms with Gasteiger partial charge in [0, 0.05) is 18.3 Å². The van der Waals surface area contributed by atoms with Crippen LogP contribution in [-0.4, -0.2) is 36.2 Å². The number of hydrogen-bond acceptors (Lipinski definition) is 9. The van der Waals surface area contributed by atoms with E-state index in [2.05, 4.69) is 15.5 Å². The first-order chi connectivity index (χ1) is 13.7. The number of nitro groups is 2. The van der Waals surface area contributed by atoms with Crippen molar-refractivity contribution in [3.63, 3.8) is 0 Å². The molecule has 13 nitrogen and oxygen atoms in total. The Labute approximate surface area is 161 Å². The van der Waals surface area contributed by atoms with Gasteiger partial charge in [0.05, 0.1) is 15.9 Å². The number of nitrogens with zero attached hydrogens (tertiary/aromatic N) is 5. The summed E-state index contributed by atoms with van der Waals surface area (Å²) in [6.07, 6.45) is 1.80. The molecule has 0 saturated carbocycles. The van der Waals surface area contributed by atoms with Crippen molar-refractivity contribution in [2.75, 3.05) is 5.43 Å². The number of hydrogen-bond donors (Lipinski definition) is 2. The number of rotatable bonds is 5. The van der Waals surface area contributed by atoms with Crippen molar-refractivity contribution in [3.8, 4) is 0 Å². The zero-order valence-corrected chi connectivity index (χ0v) is 14.9. The smallest absolute Gasteiger partial charge is 0.342 e. The summed E-state index contributed by atoms with van der Waals surface area (Å²) in [6, 6.07) is 2.74. The maximum Gasteiger partial charge on any atom is 0.342 e. The average molecular weight is 402 g/mol. The van der Waals surface area contributed by atoms with Gasteiger partial charge in [-0.05, 0) is 25.8 Å². The van der Waals surface area contributed by atoms with Crippen molar-refractivity contribution in [1.29, 1.82) is 0 Å². The summed E-state index contributed by atoms with van der Waals surface area (Å²) in [6.45, 7) is 1.74. The van der Waals surface area contributed by atoms with Gasteiger partial charge in [0.15, 0.2) is 5.82 Å². The van der Waals surface area contributed by atoms with E-state index in [-0.39, 0.29) is 17.6 Å². The first-order valence-corrected chi connectivity index (χ1v) is 8.31. The summed E-state index contributed by atoms with van der Waals surface area (Å²) < 4.78 is 1.22. The minimum atomic E-state index is -1.39. The van der Waals surface area contributed by atoms with Gasteiger partial charge in [0.2, 0.25) is 0 Å². The largest absolute Gasteiger partial charge is 0.477 e. The number of anilines is 1. The molecule has 2 aromatic rings. The molecule has 13 heteroatoms. The number of fused-ring (bicyclic) bond motifs is 1. The summed E-state index contributed by atoms with van der Waals surface area (Å²) in [5, 5.41) is 35.2. The minimum Gasteiger partial charge on any atom is -0.477 e. The molecule has 1 aromatic heterocycles. The van der Waals surface area contributed by atoms with Crippen LogP contribution in [0.3, 0.4) is 0 Å². The van der Waals surface area contributed by atoms with Crippen molar-refractivity contribution < 1.29 is 19.7 Å². The number of carbonyl (C=O) groups is 1. The van der Waals surface area contributed by atoms with Gasteiger partial charge in [-0.3, -0.25) is 35.0 Å². The Hall–Kier alpha value is -4.16. The Kier molecular flexibility index (Phi) is 5.04. The molecule has 1 aliphatic heterocycles. The van der Waals surface area contributed by atoms with Gasteiger partial charge in [-0.2, -0.15) is 5.10 Å². The third-order valence-corrected chi connectivity index (χ3v) is 4.42. The van der Waals surface area contributed by atoms with Crippen LogP contribution >= 0.6 is 0 Å². The molecule has 150 valence electrons. The summed E-state index contributed by atoms with van der Waals surface area (Å²) >= 11 is 0. The number of benzene rings is 1. The van der Waals surface area contributed by atoms with Gasteiger partial charge in [-0.15, -0.1) is 0 Å². The second-order valence-electron chi connectivity index (χ2n) is 6.25. The fraction of sp³-hybridized carbons (Fsp3) is 0.250. The molecule has 1 unspecified atom stereocenters. The van der Waals surface area contributed by atoms with Crippen LogP contribution in [0.15, 0.2) is 34.3 Å². The number of non-ortho nitro benzene ring substituents is 1. The summed E-state index contributed by atoms with van der Waals surface area (Å²) in [4.78, 5) is 48.1. The molecule has 1 aliphatic rings. The molecule has 3 rings (SSSR count). The monoisotopic (exact) mass is 402 g/mol. The van der Waals surface area contributed by atoms with Crippen LogP contribution in [-0.2, 0) is 0 Å². The number of aromatic carboxylic acids is 1. The molecule has 2 N–H and O–H groups in total. The molecular weight excluding hydrogens is 388 g/mol. The van der Waals surface area contributed by atoms with Crippen molar-refractivity contribution in [2.24, 2.45) is 5.10 Å². The number of carboxylic acid groups (broad SMARTS) is 1. The van der Waals surface area contributed by atoms with Gasteiger partial charge in [-0.1, -0.05) is 0 Å². The number of hydrazone groups is 1. The Morgan fingerprint density at radius 3 is 2.69 bits per heavy atom. The predicted molar refractivity (Wildman–Crippen MR) is 99.3 cm³/mol. The van der Waals surface area contributed by atoms with Crippen LogP contribution in [0.5, 0.6) is 0 Å². The summed E-state index contributed by atoms with van der Waals surface area (Å²) in [7, 11) is 0. The molecule has 0 saturated heterocycles. The lowest BCUT2D eigenvalue weighted by Gasteiger charge is -2.25. The van der Waals surface area contributed by atoms with Crippen LogP contribution in [0.25, 0.3) is 0 Å². The van der Waals surface area contributed by atoms with Crippen LogP contribution < -0.4 is 11.0 Å². The van der Waals surface area contributed by atoms with E-state index in [0.29, 0.717) is 18.6 Å². The Bertz CT molecular complexity index is 1120. The van der Waals surface area contributed by atoms with E-state index in [1.54, 1.807) is 6.92 Å². The lowest BCUT2D eigenvalue weighted by atomic mass is 10.0. The standard InChI is InChI=1S/C16H14N6O7/c1-8-2-4-12(14-17-7-10(16(24)25)15(23)20(8)14)19-18-11-5-3-9(21(26)27)6-13(11)22(28)29/h3,5-8,18H,2,4H2,1H3,(H,24,25)/b19-12+. The van der Waals surface area contributed by atoms with Gasteiger partial charge in [0.1, 0.15) is 17.0 Å². The fourth-order valence-corrected chi connectivity index (χ4v) is 2.94. The van der Waals surface area contributed by atoms with Crippen molar-refractivity contribution >= 4 is 28.7 Å². The number of carboxylic acids is 1. The van der Waals surface area contributed by atoms with Crippen LogP contribution in [0.1, 0.15) is 42.0 Å². The quantitative estimate of drug-likeness (QED) is 0.557. The Morgan fingerprint density at radius 2 is 2.07 bits per heavy atom. The molecule has 0 aliphatic carbocycles. The Balaban J connectivity index is 2.02. The Morgan fingerprint density at radius 1 is 1.34 bits per heavy atom. The SMILES string of the molecule is CC1CC/C(=N\Nc2ccc([N+](=O)[O-])cc2[N+](=O)[O-])c2ncc(C(=O)O)c(=O)n21. The van der Waals surface area contributed by atoms with E-state index in [1.165, 1.54) is 4.57 Å². The average Bonchev–Trinajstić information content (AvgIpc) is 2.67. The maximum atomic E-state index is 12.4. The molecule has 0 fully saturated rings. The van der Waals surface area contributed by atoms with Gasteiger partial charge >= 0.3 is 11.7 Å². The van der Waals surface area contributed by atoms with E-state index in [1.807, 2.05) is 0 Å². The third kappa shape index (κ3) is 3.65. The highest BCUT2D eigenvalue weighted by Crippen LogP contribution is 2.29. The molecule has 1 atom stereocenters. The lowest BCUT2D eigenvalue weighted by molar-refractivity contribution is -0.393. The van der Waals surface area contributed by atoms with E-state index < -0.39 is 38.3 Å². The van der Waals surface area contributed by atoms with Gasteiger partial charge < -0.3 is 5.11 Å². The van der Waals surface area contributed by atoms with Crippen molar-refractivity contribution in [3.05, 3.63) is 66.4 Å². The minimum absolute atomic E-state index is 0.0808. The van der Waals surface area contributed by atoms with Crippen LogP contribution in [0, 0.1) is 20.2 Å². The topological polar surface area (TPSA) is 183 Å². The molecule has 0 bridgehead atoms. The number of aromatic nitrogens is 2. The zero-order valence-electron chi connectivity index (χ0n) is 14.9. The molecule has 0 radical (unpaired) electrons. The highest BCUT2D eigenvalue weighted by Gasteiger charge is 2.27. The number of nitro benzene ring substituents is 2. The van der Waals surface area contributed by atoms with E-state index in [9.17, 15) is 29.8 Å². The number of nitrogens with one attached hydrogen (secondary N) is 1. The summed E-state index contributed by atoms with van der Waals surface area (Å²) in [5.74, 6) is -1.25. The lowest BCUT2D eigenvalue weighted by Crippen LogP contribution is -2.37. The molecule has 0 spiro atoms.